The van der Waals surface area contributed by atoms with Gasteiger partial charge >= 0.3 is 6.15 Å². The zero-order chi connectivity index (χ0) is 58.8. The molecule has 2 aromatic carbocycles. The van der Waals surface area contributed by atoms with E-state index in [9.17, 15) is 30.7 Å². The van der Waals surface area contributed by atoms with Gasteiger partial charge < -0.3 is 25.0 Å². The Labute approximate surface area is 480 Å². The minimum absolute atomic E-state index is 0.0291. The average molecular weight is 1150 g/mol. The Hall–Kier alpha value is -6.47. The van der Waals surface area contributed by atoms with Gasteiger partial charge in [0.05, 0.1) is 21.3 Å². The summed E-state index contributed by atoms with van der Waals surface area (Å²) < 4.78 is 69.5. The number of nitrogens with zero attached hydrogens (tertiary/aromatic N) is 6. The van der Waals surface area contributed by atoms with Crippen LogP contribution in [0, 0.1) is 6.92 Å². The smallest absolute Gasteiger partial charge is 0.373 e. The van der Waals surface area contributed by atoms with Crippen LogP contribution in [0.1, 0.15) is 150 Å². The molecule has 0 saturated carbocycles. The van der Waals surface area contributed by atoms with Crippen LogP contribution in [-0.2, 0) is 71.4 Å². The van der Waals surface area contributed by atoms with Crippen LogP contribution >= 0.6 is 0 Å². The number of aromatic nitrogens is 3. The van der Waals surface area contributed by atoms with Crippen molar-refractivity contribution in [2.24, 2.45) is 0 Å². The monoisotopic (exact) mass is 1150 g/mol. The summed E-state index contributed by atoms with van der Waals surface area (Å²) in [6.45, 7) is 16.4. The third-order valence-corrected chi connectivity index (χ3v) is 17.1. The van der Waals surface area contributed by atoms with Gasteiger partial charge in [-0.1, -0.05) is 101 Å². The summed E-state index contributed by atoms with van der Waals surface area (Å²) in [5.74, 6) is 1.49. The molecule has 3 aliphatic heterocycles. The molecule has 0 bridgehead atoms. The molecule has 3 N–H and O–H groups in total. The average Bonchev–Trinajstić information content (AvgIpc) is 2.64. The number of para-hydroxylation sites is 1. The number of aryl methyl sites for hydroxylation is 3. The summed E-state index contributed by atoms with van der Waals surface area (Å²) in [7, 11) is -6.39. The highest BCUT2D eigenvalue weighted by atomic mass is 32.2. The highest BCUT2D eigenvalue weighted by Crippen LogP contribution is 2.48. The summed E-state index contributed by atoms with van der Waals surface area (Å²) in [5.41, 5.74) is 11.2. The van der Waals surface area contributed by atoms with Crippen molar-refractivity contribution in [3.8, 4) is 0 Å². The predicted octanol–water partition coefficient (Wildman–Crippen LogP) is 9.72. The van der Waals surface area contributed by atoms with Crippen molar-refractivity contribution >= 4 is 55.2 Å². The fourth-order valence-corrected chi connectivity index (χ4v) is 12.2. The Bertz CT molecular complexity index is 3230. The standard InChI is InChI=1S/C61H82N8O7S2.CO2/c1-45(50-42-63-46(2)64-43-50)23-13-11-12-14-26-53-49(40-48-24-19-33-62-59(48)66-53)41-65-58(70)30-20-34-67(7)44-47-31-32-55-52(39-47)61(5,6)57(69(55)36-22-38-78(74,75)76)29-16-10-8-9-15-28-56-60(3,4)51-25-17-18-27-54(51)68(56)35-21-37-77(71,72)73;2-1-3/h8-10,15-18,25,27-29,31-32,39-40,42-43,45H,11-14,19-24,26,30,33-38,41,44H2,1-7H3,(H3-,62,65,66,70,71,72,73,74,75,76);. The van der Waals surface area contributed by atoms with Crippen molar-refractivity contribution in [3.05, 3.63) is 154 Å². The largest absolute Gasteiger partial charge is 0.748 e. The predicted molar refractivity (Wildman–Crippen MR) is 317 cm³/mol. The van der Waals surface area contributed by atoms with Gasteiger partial charge in [0.2, 0.25) is 11.6 Å². The Kier molecular flexibility index (Phi) is 23.2. The zero-order valence-corrected chi connectivity index (χ0v) is 49.9. The topological polar surface area (TPSA) is 235 Å². The number of carbonyl (C=O) groups excluding carboxylic acids is 3. The number of fused-ring (bicyclic) bond motifs is 3. The molecule has 81 heavy (non-hydrogen) atoms. The maximum Gasteiger partial charge on any atom is 0.373 e. The number of benzene rings is 2. The molecule has 0 spiro atoms. The maximum atomic E-state index is 13.3. The van der Waals surface area contributed by atoms with E-state index in [1.54, 1.807) is 0 Å². The lowest BCUT2D eigenvalue weighted by Crippen LogP contribution is -2.28. The molecular weight excluding hydrogens is 1060 g/mol. The van der Waals surface area contributed by atoms with Crippen LogP contribution < -0.4 is 15.5 Å². The third kappa shape index (κ3) is 18.5. The molecule has 436 valence electrons. The first-order chi connectivity index (χ1) is 38.5. The van der Waals surface area contributed by atoms with Gasteiger partial charge in [0, 0.05) is 97.4 Å². The second kappa shape index (κ2) is 29.5. The lowest BCUT2D eigenvalue weighted by molar-refractivity contribution is -0.437. The lowest BCUT2D eigenvalue weighted by atomic mass is 9.81. The van der Waals surface area contributed by atoms with Crippen molar-refractivity contribution in [2.45, 2.75) is 148 Å². The van der Waals surface area contributed by atoms with Crippen LogP contribution in [0.2, 0.25) is 0 Å². The van der Waals surface area contributed by atoms with E-state index in [0.717, 1.165) is 127 Å². The van der Waals surface area contributed by atoms with Gasteiger partial charge in [-0.05, 0) is 131 Å². The Morgan fingerprint density at radius 1 is 0.914 bits per heavy atom. The highest BCUT2D eigenvalue weighted by molar-refractivity contribution is 7.85. The fourth-order valence-electron chi connectivity index (χ4n) is 11.2. The maximum absolute atomic E-state index is 13.3. The Morgan fingerprint density at radius 3 is 2.37 bits per heavy atom. The Balaban J connectivity index is 0.00000344. The van der Waals surface area contributed by atoms with Crippen molar-refractivity contribution < 1.29 is 44.9 Å². The second-order valence-electron chi connectivity index (χ2n) is 22.5. The molecule has 0 radical (unpaired) electrons. The van der Waals surface area contributed by atoms with E-state index < -0.39 is 31.4 Å². The quantitative estimate of drug-likeness (QED) is 0.0208. The van der Waals surface area contributed by atoms with Crippen molar-refractivity contribution in [3.63, 3.8) is 0 Å². The molecule has 1 unspecified atom stereocenters. The van der Waals surface area contributed by atoms with E-state index >= 15 is 0 Å². The first-order valence-electron chi connectivity index (χ1n) is 28.3. The van der Waals surface area contributed by atoms with E-state index in [1.807, 2.05) is 80.0 Å². The minimum atomic E-state index is -4.38. The number of allylic oxidation sites excluding steroid dienone is 8. The molecule has 3 aliphatic rings. The van der Waals surface area contributed by atoms with Gasteiger partial charge in [-0.3, -0.25) is 9.35 Å². The van der Waals surface area contributed by atoms with Gasteiger partial charge in [0.25, 0.3) is 10.1 Å². The zero-order valence-electron chi connectivity index (χ0n) is 48.2. The molecule has 1 amide bonds. The first-order valence-corrected chi connectivity index (χ1v) is 31.5. The van der Waals surface area contributed by atoms with Crippen LogP contribution in [0.15, 0.2) is 109 Å². The van der Waals surface area contributed by atoms with Crippen LogP contribution in [0.25, 0.3) is 0 Å². The van der Waals surface area contributed by atoms with Crippen molar-refractivity contribution in [2.75, 3.05) is 54.9 Å². The van der Waals surface area contributed by atoms with E-state index in [4.69, 9.17) is 14.6 Å². The van der Waals surface area contributed by atoms with Crippen molar-refractivity contribution in [1.29, 1.82) is 0 Å². The number of hydrogen-bond donors (Lipinski definition) is 3. The number of carbonyl (C=O) groups is 1. The number of amides is 1. The number of unbranched alkanes of at least 4 members (excludes halogenated alkanes) is 3. The van der Waals surface area contributed by atoms with E-state index in [1.165, 1.54) is 11.1 Å². The molecule has 7 rings (SSSR count). The number of hydrogen-bond acceptors (Lipinski definition) is 14. The molecule has 0 saturated heterocycles. The number of nitrogens with one attached hydrogen (secondary N) is 2. The van der Waals surface area contributed by atoms with Gasteiger partial charge in [-0.25, -0.2) is 23.4 Å². The summed E-state index contributed by atoms with van der Waals surface area (Å²) in [6.07, 6.45) is 28.1. The number of anilines is 2. The molecular formula is C62H82N8O9S2. The van der Waals surface area contributed by atoms with E-state index in [0.29, 0.717) is 44.9 Å². The van der Waals surface area contributed by atoms with Gasteiger partial charge in [0.1, 0.15) is 18.2 Å². The van der Waals surface area contributed by atoms with Crippen LogP contribution in [-0.4, -0.2) is 113 Å². The van der Waals surface area contributed by atoms with E-state index in [-0.39, 0.29) is 36.1 Å². The minimum Gasteiger partial charge on any atom is -0.748 e. The number of rotatable bonds is 28. The van der Waals surface area contributed by atoms with Crippen LogP contribution in [0.3, 0.4) is 0 Å². The first kappa shape index (κ1) is 63.7. The second-order valence-corrected chi connectivity index (χ2v) is 25.6. The molecule has 1 atom stereocenters. The summed E-state index contributed by atoms with van der Waals surface area (Å²) in [5, 5.41) is 6.70. The van der Waals surface area contributed by atoms with Gasteiger partial charge in [-0.15, -0.1) is 0 Å². The molecule has 5 heterocycles. The fraction of sp³-hybridized carbons (Fsp3) is 0.484. The van der Waals surface area contributed by atoms with Gasteiger partial charge in [0.15, 0.2) is 5.71 Å². The molecule has 0 fully saturated rings. The van der Waals surface area contributed by atoms with Crippen LogP contribution in [0.4, 0.5) is 17.2 Å². The molecule has 17 nitrogen and oxygen atoms in total. The number of pyridine rings is 1. The van der Waals surface area contributed by atoms with Gasteiger partial charge in [-0.2, -0.15) is 22.6 Å². The molecule has 4 aromatic rings. The highest BCUT2D eigenvalue weighted by Gasteiger charge is 2.44. The Morgan fingerprint density at radius 2 is 1.63 bits per heavy atom. The van der Waals surface area contributed by atoms with Crippen LogP contribution in [0.5, 0.6) is 0 Å². The SMILES string of the molecule is Cc1ncc(C(C)CCCCCCc2nc3c(cc2CNC(=O)CCCN(C)Cc2ccc4c(c2)C(C)(C)C(=CC=CC=CC=CC2=[N+](CCCS(=O)(=O)O)c5ccccc5C2(C)C)N4CCCS(=O)(=O)[O-])CCCN3)cn1.O=C=O. The lowest BCUT2D eigenvalue weighted by Gasteiger charge is -2.27. The molecule has 0 aliphatic carbocycles. The summed E-state index contributed by atoms with van der Waals surface area (Å²) in [4.78, 5) is 47.7. The normalized spacial score (nSPS) is 16.4. The van der Waals surface area contributed by atoms with E-state index in [2.05, 4.69) is 107 Å². The summed E-state index contributed by atoms with van der Waals surface area (Å²) >= 11 is 0. The summed E-state index contributed by atoms with van der Waals surface area (Å²) in [6, 6.07) is 16.8. The van der Waals surface area contributed by atoms with Crippen molar-refractivity contribution in [1.82, 2.24) is 25.2 Å². The molecule has 2 aromatic heterocycles. The molecule has 19 heteroatoms. The third-order valence-electron chi connectivity index (χ3n) is 15.5.